The lowest BCUT2D eigenvalue weighted by atomic mass is 10.1. The summed E-state index contributed by atoms with van der Waals surface area (Å²) in [5.41, 5.74) is 7.39. The van der Waals surface area contributed by atoms with E-state index in [1.807, 2.05) is 4.90 Å². The van der Waals surface area contributed by atoms with Gasteiger partial charge in [0, 0.05) is 42.8 Å². The summed E-state index contributed by atoms with van der Waals surface area (Å²) in [6.07, 6.45) is 5.16. The van der Waals surface area contributed by atoms with Crippen molar-refractivity contribution in [2.45, 2.75) is 31.5 Å². The molecule has 8 heteroatoms. The smallest absolute Gasteiger partial charge is 0.316 e. The number of hydrogen-bond acceptors (Lipinski definition) is 3. The minimum absolute atomic E-state index is 0.0473. The first-order chi connectivity index (χ1) is 14.9. The summed E-state index contributed by atoms with van der Waals surface area (Å²) in [6.45, 7) is 2.34. The summed E-state index contributed by atoms with van der Waals surface area (Å²) in [4.78, 5) is 28.5. The number of urea groups is 1. The number of amides is 3. The molecule has 0 saturated carbocycles. The van der Waals surface area contributed by atoms with Gasteiger partial charge in [-0.3, -0.25) is 9.69 Å². The highest BCUT2D eigenvalue weighted by Crippen LogP contribution is 2.31. The van der Waals surface area contributed by atoms with Gasteiger partial charge in [-0.05, 0) is 54.3 Å². The van der Waals surface area contributed by atoms with E-state index >= 15 is 0 Å². The van der Waals surface area contributed by atoms with Crippen LogP contribution in [0.1, 0.15) is 24.0 Å². The van der Waals surface area contributed by atoms with Crippen LogP contribution in [0, 0.1) is 5.82 Å². The molecular formula is C23H24ClFN4O2. The third-order valence-corrected chi connectivity index (χ3v) is 6.05. The Bertz CT molecular complexity index is 997. The van der Waals surface area contributed by atoms with Crippen LogP contribution in [0.3, 0.4) is 0 Å². The molecule has 2 aliphatic heterocycles. The molecule has 4 rings (SSSR count). The molecule has 2 aromatic rings. The third-order valence-electron chi connectivity index (χ3n) is 5.81. The number of likely N-dealkylation sites (tertiary alicyclic amines) is 1. The fourth-order valence-electron chi connectivity index (χ4n) is 4.49. The molecule has 2 heterocycles. The van der Waals surface area contributed by atoms with E-state index in [2.05, 4.69) is 10.2 Å². The van der Waals surface area contributed by atoms with Gasteiger partial charge in [-0.2, -0.15) is 0 Å². The SMILES string of the molecule is NC(=O)Nc1cc(Cl)ccc1/C=C/C(=O)N1C2CCC1CN(Cc1ccc(F)cc1)C2. The van der Waals surface area contributed by atoms with Gasteiger partial charge in [-0.15, -0.1) is 0 Å². The van der Waals surface area contributed by atoms with Crippen LogP contribution >= 0.6 is 11.6 Å². The fraction of sp³-hybridized carbons (Fsp3) is 0.304. The number of nitrogens with one attached hydrogen (secondary N) is 1. The summed E-state index contributed by atoms with van der Waals surface area (Å²) in [7, 11) is 0. The minimum Gasteiger partial charge on any atom is -0.351 e. The predicted octanol–water partition coefficient (Wildman–Crippen LogP) is 3.86. The van der Waals surface area contributed by atoms with Crippen LogP contribution in [0.4, 0.5) is 14.9 Å². The van der Waals surface area contributed by atoms with Crippen molar-refractivity contribution in [2.24, 2.45) is 5.73 Å². The van der Waals surface area contributed by atoms with Gasteiger partial charge in [0.15, 0.2) is 0 Å². The molecule has 0 aromatic heterocycles. The molecule has 0 aliphatic carbocycles. The summed E-state index contributed by atoms with van der Waals surface area (Å²) in [6, 6.07) is 11.2. The standard InChI is InChI=1S/C23H24ClFN4O2/c24-17-5-3-16(21(11-17)27-23(26)31)4-10-22(30)29-19-8-9-20(29)14-28(13-19)12-15-1-6-18(25)7-2-15/h1-7,10-11,19-20H,8-9,12-14H2,(H3,26,27,31)/b10-4+. The molecule has 2 fully saturated rings. The molecule has 2 bridgehead atoms. The number of fused-ring (bicyclic) bond motifs is 2. The van der Waals surface area contributed by atoms with E-state index in [9.17, 15) is 14.0 Å². The number of hydrogen-bond donors (Lipinski definition) is 2. The maximum atomic E-state index is 13.1. The monoisotopic (exact) mass is 442 g/mol. The summed E-state index contributed by atoms with van der Waals surface area (Å²) < 4.78 is 13.1. The normalized spacial score (nSPS) is 20.9. The number of piperazine rings is 1. The Balaban J connectivity index is 1.42. The molecule has 6 nitrogen and oxygen atoms in total. The van der Waals surface area contributed by atoms with E-state index < -0.39 is 6.03 Å². The van der Waals surface area contributed by atoms with Gasteiger partial charge in [-0.25, -0.2) is 9.18 Å². The lowest BCUT2D eigenvalue weighted by molar-refractivity contribution is -0.131. The number of nitrogens with zero attached hydrogens (tertiary/aromatic N) is 2. The molecule has 31 heavy (non-hydrogen) atoms. The third kappa shape index (κ3) is 5.06. The lowest BCUT2D eigenvalue weighted by Crippen LogP contribution is -2.55. The second-order valence-corrected chi connectivity index (χ2v) is 8.44. The average molecular weight is 443 g/mol. The quantitative estimate of drug-likeness (QED) is 0.690. The van der Waals surface area contributed by atoms with Crippen molar-refractivity contribution in [3.8, 4) is 0 Å². The van der Waals surface area contributed by atoms with E-state index in [0.29, 0.717) is 16.3 Å². The number of carbonyl (C=O) groups is 2. The van der Waals surface area contributed by atoms with Gasteiger partial charge in [-0.1, -0.05) is 29.8 Å². The number of carbonyl (C=O) groups excluding carboxylic acids is 2. The van der Waals surface area contributed by atoms with Gasteiger partial charge >= 0.3 is 6.03 Å². The van der Waals surface area contributed by atoms with Crippen LogP contribution in [0.25, 0.3) is 6.08 Å². The largest absolute Gasteiger partial charge is 0.351 e. The number of nitrogens with two attached hydrogens (primary N) is 1. The number of primary amides is 1. The Morgan fingerprint density at radius 1 is 1.13 bits per heavy atom. The first-order valence-corrected chi connectivity index (χ1v) is 10.6. The second kappa shape index (κ2) is 9.08. The molecule has 3 amide bonds. The number of halogens is 2. The van der Waals surface area contributed by atoms with Crippen molar-refractivity contribution in [1.29, 1.82) is 0 Å². The van der Waals surface area contributed by atoms with Gasteiger partial charge < -0.3 is 16.0 Å². The maximum Gasteiger partial charge on any atom is 0.316 e. The zero-order valence-electron chi connectivity index (χ0n) is 16.9. The molecule has 3 N–H and O–H groups in total. The first kappa shape index (κ1) is 21.3. The Kier molecular flexibility index (Phi) is 6.25. The average Bonchev–Trinajstić information content (AvgIpc) is 2.99. The molecule has 2 atom stereocenters. The van der Waals surface area contributed by atoms with E-state index in [1.54, 1.807) is 36.4 Å². The maximum absolute atomic E-state index is 13.1. The van der Waals surface area contributed by atoms with Crippen LogP contribution in [-0.4, -0.2) is 46.9 Å². The van der Waals surface area contributed by atoms with Crippen LogP contribution in [0.15, 0.2) is 48.5 Å². The lowest BCUT2D eigenvalue weighted by Gasteiger charge is -2.40. The highest BCUT2D eigenvalue weighted by molar-refractivity contribution is 6.31. The second-order valence-electron chi connectivity index (χ2n) is 8.01. The molecule has 2 aliphatic rings. The summed E-state index contributed by atoms with van der Waals surface area (Å²) >= 11 is 6.00. The first-order valence-electron chi connectivity index (χ1n) is 10.2. The van der Waals surface area contributed by atoms with Crippen LogP contribution in [-0.2, 0) is 11.3 Å². The highest BCUT2D eigenvalue weighted by atomic mass is 35.5. The van der Waals surface area contributed by atoms with Crippen LogP contribution < -0.4 is 11.1 Å². The number of benzene rings is 2. The van der Waals surface area contributed by atoms with Crippen LogP contribution in [0.2, 0.25) is 5.02 Å². The van der Waals surface area contributed by atoms with E-state index in [0.717, 1.165) is 38.0 Å². The summed E-state index contributed by atoms with van der Waals surface area (Å²) in [5.74, 6) is -0.283. The Hall–Kier alpha value is -2.90. The Labute approximate surface area is 185 Å². The molecular weight excluding hydrogens is 419 g/mol. The molecule has 0 spiro atoms. The van der Waals surface area contributed by atoms with Crippen molar-refractivity contribution >= 4 is 35.3 Å². The number of rotatable bonds is 5. The zero-order valence-corrected chi connectivity index (χ0v) is 17.7. The highest BCUT2D eigenvalue weighted by Gasteiger charge is 2.41. The van der Waals surface area contributed by atoms with E-state index in [4.69, 9.17) is 17.3 Å². The van der Waals surface area contributed by atoms with Gasteiger partial charge in [0.2, 0.25) is 5.91 Å². The van der Waals surface area contributed by atoms with Gasteiger partial charge in [0.25, 0.3) is 0 Å². The molecule has 0 radical (unpaired) electrons. The minimum atomic E-state index is -0.696. The summed E-state index contributed by atoms with van der Waals surface area (Å²) in [5, 5.41) is 2.99. The number of anilines is 1. The Morgan fingerprint density at radius 2 is 1.81 bits per heavy atom. The van der Waals surface area contributed by atoms with Gasteiger partial charge in [0.05, 0.1) is 5.69 Å². The van der Waals surface area contributed by atoms with Crippen molar-refractivity contribution in [1.82, 2.24) is 9.80 Å². The zero-order chi connectivity index (χ0) is 22.0. The van der Waals surface area contributed by atoms with Crippen molar-refractivity contribution < 1.29 is 14.0 Å². The predicted molar refractivity (Wildman–Crippen MR) is 119 cm³/mol. The van der Waals surface area contributed by atoms with Crippen LogP contribution in [0.5, 0.6) is 0 Å². The molecule has 162 valence electrons. The van der Waals surface area contributed by atoms with E-state index in [-0.39, 0.29) is 23.8 Å². The molecule has 2 unspecified atom stereocenters. The Morgan fingerprint density at radius 3 is 2.45 bits per heavy atom. The van der Waals surface area contributed by atoms with E-state index in [1.165, 1.54) is 18.2 Å². The van der Waals surface area contributed by atoms with Gasteiger partial charge in [0.1, 0.15) is 5.82 Å². The molecule has 2 saturated heterocycles. The van der Waals surface area contributed by atoms with Crippen molar-refractivity contribution in [2.75, 3.05) is 18.4 Å². The van der Waals surface area contributed by atoms with Crippen molar-refractivity contribution in [3.05, 3.63) is 70.5 Å². The fourth-order valence-corrected chi connectivity index (χ4v) is 4.66. The van der Waals surface area contributed by atoms with Crippen molar-refractivity contribution in [3.63, 3.8) is 0 Å². The topological polar surface area (TPSA) is 78.7 Å². The molecule has 2 aromatic carbocycles.